The van der Waals surface area contributed by atoms with Crippen molar-refractivity contribution in [3.8, 4) is 0 Å². The molecule has 1 aromatic heterocycles. The number of carbonyl (C=O) groups is 2. The zero-order valence-corrected chi connectivity index (χ0v) is 15.7. The van der Waals surface area contributed by atoms with Gasteiger partial charge in [-0.3, -0.25) is 9.59 Å². The molecule has 0 bridgehead atoms. The van der Waals surface area contributed by atoms with Crippen molar-refractivity contribution in [3.05, 3.63) is 77.6 Å². The lowest BCUT2D eigenvalue weighted by Crippen LogP contribution is -2.35. The highest BCUT2D eigenvalue weighted by atomic mass is 16.3. The number of aliphatic hydroxyl groups is 1. The molecule has 6 nitrogen and oxygen atoms in total. The summed E-state index contributed by atoms with van der Waals surface area (Å²) >= 11 is 0. The molecule has 0 aliphatic heterocycles. The smallest absolute Gasteiger partial charge is 0.267 e. The summed E-state index contributed by atoms with van der Waals surface area (Å²) in [5.41, 5.74) is 2.49. The Hall–Kier alpha value is -3.38. The van der Waals surface area contributed by atoms with E-state index in [1.54, 1.807) is 30.3 Å². The highest BCUT2D eigenvalue weighted by Crippen LogP contribution is 2.22. The van der Waals surface area contributed by atoms with Crippen molar-refractivity contribution in [2.75, 3.05) is 13.2 Å². The van der Waals surface area contributed by atoms with Gasteiger partial charge >= 0.3 is 0 Å². The third-order valence-corrected chi connectivity index (χ3v) is 4.38. The van der Waals surface area contributed by atoms with Gasteiger partial charge in [0.15, 0.2) is 0 Å². The van der Waals surface area contributed by atoms with Gasteiger partial charge in [-0.1, -0.05) is 36.4 Å². The van der Waals surface area contributed by atoms with Gasteiger partial charge in [0.1, 0.15) is 5.70 Å². The van der Waals surface area contributed by atoms with E-state index in [-0.39, 0.29) is 18.2 Å². The van der Waals surface area contributed by atoms with E-state index >= 15 is 0 Å². The topological polar surface area (TPSA) is 83.4 Å². The molecule has 1 heterocycles. The molecule has 3 rings (SSSR count). The molecule has 0 spiro atoms. The van der Waals surface area contributed by atoms with Crippen molar-refractivity contribution in [2.24, 2.45) is 7.05 Å². The molecule has 0 fully saturated rings. The molecular formula is C22H23N3O3. The molecule has 0 aliphatic carbocycles. The Morgan fingerprint density at radius 2 is 1.79 bits per heavy atom. The SMILES string of the molecule is Cn1cc(/C=C(\NC(=O)c2ccccc2)C(=O)NCCCO)c2ccccc21. The Morgan fingerprint density at radius 3 is 2.54 bits per heavy atom. The fourth-order valence-corrected chi connectivity index (χ4v) is 2.96. The van der Waals surface area contributed by atoms with Gasteiger partial charge in [-0.2, -0.15) is 0 Å². The number of hydrogen-bond donors (Lipinski definition) is 3. The van der Waals surface area contributed by atoms with E-state index in [0.717, 1.165) is 16.5 Å². The van der Waals surface area contributed by atoms with Crippen LogP contribution in [-0.2, 0) is 11.8 Å². The number of carbonyl (C=O) groups excluding carboxylic acids is 2. The molecule has 0 atom stereocenters. The monoisotopic (exact) mass is 377 g/mol. The number of para-hydroxylation sites is 1. The van der Waals surface area contributed by atoms with Gasteiger partial charge < -0.3 is 20.3 Å². The molecule has 0 saturated carbocycles. The van der Waals surface area contributed by atoms with Gasteiger partial charge in [-0.15, -0.1) is 0 Å². The third-order valence-electron chi connectivity index (χ3n) is 4.38. The van der Waals surface area contributed by atoms with Crippen LogP contribution in [0.4, 0.5) is 0 Å². The number of aromatic nitrogens is 1. The molecule has 28 heavy (non-hydrogen) atoms. The van der Waals surface area contributed by atoms with Crippen LogP contribution in [0.5, 0.6) is 0 Å². The minimum Gasteiger partial charge on any atom is -0.396 e. The second kappa shape index (κ2) is 9.01. The summed E-state index contributed by atoms with van der Waals surface area (Å²) in [4.78, 5) is 25.2. The predicted octanol–water partition coefficient (Wildman–Crippen LogP) is 2.45. The van der Waals surface area contributed by atoms with Crippen molar-refractivity contribution in [3.63, 3.8) is 0 Å². The lowest BCUT2D eigenvalue weighted by atomic mass is 10.1. The van der Waals surface area contributed by atoms with Gasteiger partial charge in [0, 0.05) is 48.4 Å². The molecule has 0 unspecified atom stereocenters. The van der Waals surface area contributed by atoms with Gasteiger partial charge in [0.05, 0.1) is 0 Å². The molecule has 144 valence electrons. The molecule has 2 amide bonds. The number of rotatable bonds is 7. The van der Waals surface area contributed by atoms with Gasteiger partial charge in [0.2, 0.25) is 0 Å². The van der Waals surface area contributed by atoms with Gasteiger partial charge in [0.25, 0.3) is 11.8 Å². The fourth-order valence-electron chi connectivity index (χ4n) is 2.96. The first-order chi connectivity index (χ1) is 13.6. The van der Waals surface area contributed by atoms with Crippen molar-refractivity contribution >= 4 is 28.8 Å². The van der Waals surface area contributed by atoms with E-state index in [0.29, 0.717) is 18.5 Å². The summed E-state index contributed by atoms with van der Waals surface area (Å²) in [6.45, 7) is 0.308. The Kier molecular flexibility index (Phi) is 6.24. The number of hydrogen-bond acceptors (Lipinski definition) is 3. The van der Waals surface area contributed by atoms with Crippen LogP contribution in [0, 0.1) is 0 Å². The molecule has 0 radical (unpaired) electrons. The van der Waals surface area contributed by atoms with Crippen molar-refractivity contribution in [2.45, 2.75) is 6.42 Å². The highest BCUT2D eigenvalue weighted by Gasteiger charge is 2.15. The zero-order valence-electron chi connectivity index (χ0n) is 15.7. The summed E-state index contributed by atoms with van der Waals surface area (Å²) < 4.78 is 1.97. The minimum absolute atomic E-state index is 0.0149. The van der Waals surface area contributed by atoms with E-state index in [4.69, 9.17) is 5.11 Å². The largest absolute Gasteiger partial charge is 0.396 e. The van der Waals surface area contributed by atoms with Crippen LogP contribution >= 0.6 is 0 Å². The van der Waals surface area contributed by atoms with E-state index in [1.807, 2.05) is 48.1 Å². The first-order valence-corrected chi connectivity index (χ1v) is 9.11. The first kappa shape index (κ1) is 19.4. The second-order valence-corrected chi connectivity index (χ2v) is 6.42. The van der Waals surface area contributed by atoms with Crippen molar-refractivity contribution in [1.82, 2.24) is 15.2 Å². The number of aliphatic hydroxyl groups excluding tert-OH is 1. The maximum absolute atomic E-state index is 12.6. The Balaban J connectivity index is 1.94. The molecule has 3 N–H and O–H groups in total. The second-order valence-electron chi connectivity index (χ2n) is 6.42. The van der Waals surface area contributed by atoms with E-state index in [9.17, 15) is 9.59 Å². The zero-order chi connectivity index (χ0) is 19.9. The summed E-state index contributed by atoms with van der Waals surface area (Å²) in [5.74, 6) is -0.755. The Morgan fingerprint density at radius 1 is 1.07 bits per heavy atom. The number of nitrogens with zero attached hydrogens (tertiary/aromatic N) is 1. The lowest BCUT2D eigenvalue weighted by Gasteiger charge is -2.11. The average molecular weight is 377 g/mol. The van der Waals surface area contributed by atoms with Crippen molar-refractivity contribution < 1.29 is 14.7 Å². The maximum Gasteiger partial charge on any atom is 0.267 e. The normalized spacial score (nSPS) is 11.4. The maximum atomic E-state index is 12.6. The van der Waals surface area contributed by atoms with Gasteiger partial charge in [-0.25, -0.2) is 0 Å². The van der Waals surface area contributed by atoms with Gasteiger partial charge in [-0.05, 0) is 30.7 Å². The Bertz CT molecular complexity index is 1010. The third kappa shape index (κ3) is 4.47. The number of fused-ring (bicyclic) bond motifs is 1. The van der Waals surface area contributed by atoms with Crippen LogP contribution in [0.3, 0.4) is 0 Å². The summed E-state index contributed by atoms with van der Waals surface area (Å²) in [6.07, 6.45) is 4.04. The summed E-state index contributed by atoms with van der Waals surface area (Å²) in [5, 5.41) is 15.4. The number of aryl methyl sites for hydroxylation is 1. The van der Waals surface area contributed by atoms with E-state index in [2.05, 4.69) is 10.6 Å². The van der Waals surface area contributed by atoms with Crippen LogP contribution in [0.25, 0.3) is 17.0 Å². The number of amides is 2. The highest BCUT2D eigenvalue weighted by molar-refractivity contribution is 6.06. The quantitative estimate of drug-likeness (QED) is 0.437. The fraction of sp³-hybridized carbons (Fsp3) is 0.182. The Labute approximate surface area is 163 Å². The summed E-state index contributed by atoms with van der Waals surface area (Å²) in [6, 6.07) is 16.6. The van der Waals surface area contributed by atoms with Crippen LogP contribution in [0.15, 0.2) is 66.5 Å². The molecule has 3 aromatic rings. The van der Waals surface area contributed by atoms with E-state index in [1.165, 1.54) is 0 Å². The standard InChI is InChI=1S/C22H23N3O3/c1-25-15-17(18-10-5-6-11-20(18)25)14-19(22(28)23-12-7-13-26)24-21(27)16-8-3-2-4-9-16/h2-6,8-11,14-15,26H,7,12-13H2,1H3,(H,23,28)(H,24,27)/b19-14-. The van der Waals surface area contributed by atoms with Crippen LogP contribution in [0.1, 0.15) is 22.3 Å². The lowest BCUT2D eigenvalue weighted by molar-refractivity contribution is -0.117. The number of benzene rings is 2. The van der Waals surface area contributed by atoms with Crippen LogP contribution in [0.2, 0.25) is 0 Å². The molecule has 2 aromatic carbocycles. The van der Waals surface area contributed by atoms with E-state index < -0.39 is 5.91 Å². The average Bonchev–Trinajstić information content (AvgIpc) is 3.04. The van der Waals surface area contributed by atoms with Crippen LogP contribution in [-0.4, -0.2) is 34.6 Å². The molecular weight excluding hydrogens is 354 g/mol. The van der Waals surface area contributed by atoms with Crippen LogP contribution < -0.4 is 10.6 Å². The predicted molar refractivity (Wildman–Crippen MR) is 110 cm³/mol. The summed E-state index contributed by atoms with van der Waals surface area (Å²) in [7, 11) is 1.93. The molecule has 0 aliphatic rings. The molecule has 0 saturated heterocycles. The minimum atomic E-state index is -0.398. The number of nitrogens with one attached hydrogen (secondary N) is 2. The molecule has 6 heteroatoms. The first-order valence-electron chi connectivity index (χ1n) is 9.11. The van der Waals surface area contributed by atoms with Crippen molar-refractivity contribution in [1.29, 1.82) is 0 Å².